The molecule has 0 radical (unpaired) electrons. The molecule has 1 amide bonds. The zero-order chi connectivity index (χ0) is 14.1. The third kappa shape index (κ3) is 2.14. The second kappa shape index (κ2) is 4.58. The fraction of sp³-hybridized carbons (Fsp3) is 0. The number of nitrogens with two attached hydrogens (primary N) is 1. The van der Waals surface area contributed by atoms with Gasteiger partial charge in [-0.15, -0.1) is 0 Å². The van der Waals surface area contributed by atoms with Crippen molar-refractivity contribution in [3.05, 3.63) is 48.8 Å². The molecule has 3 aromatic rings. The smallest absolute Gasteiger partial charge is 0.410 e. The summed E-state index contributed by atoms with van der Waals surface area (Å²) in [5.74, 6) is 0.292. The highest BCUT2D eigenvalue weighted by molar-refractivity contribution is 5.88. The molecule has 2 heterocycles. The largest absolute Gasteiger partial charge is 0.465 e. The van der Waals surface area contributed by atoms with Gasteiger partial charge in [0.05, 0.1) is 5.52 Å². The fourth-order valence-electron chi connectivity index (χ4n) is 2.07. The number of nitrogens with one attached hydrogen (secondary N) is 1. The minimum atomic E-state index is -1.14. The zero-order valence-corrected chi connectivity index (χ0v) is 10.4. The molecule has 0 aliphatic carbocycles. The first-order valence-corrected chi connectivity index (χ1v) is 5.96. The Hall–Kier alpha value is -3.02. The van der Waals surface area contributed by atoms with E-state index in [9.17, 15) is 4.79 Å². The molecule has 6 nitrogen and oxygen atoms in total. The number of carboxylic acid groups (broad SMARTS) is 1. The number of benzene rings is 1. The van der Waals surface area contributed by atoms with Crippen molar-refractivity contribution in [2.45, 2.75) is 0 Å². The molecular weight excluding hydrogens is 256 g/mol. The van der Waals surface area contributed by atoms with Gasteiger partial charge in [0.1, 0.15) is 5.82 Å². The molecule has 0 unspecified atom stereocenters. The lowest BCUT2D eigenvalue weighted by molar-refractivity contribution is 0.209. The highest BCUT2D eigenvalue weighted by Gasteiger charge is 2.06. The zero-order valence-electron chi connectivity index (χ0n) is 10.4. The number of rotatable bonds is 2. The summed E-state index contributed by atoms with van der Waals surface area (Å²) in [6.07, 6.45) is 2.40. The van der Waals surface area contributed by atoms with Gasteiger partial charge in [0.2, 0.25) is 0 Å². The predicted molar refractivity (Wildman–Crippen MR) is 77.1 cm³/mol. The Morgan fingerprint density at radius 1 is 1.25 bits per heavy atom. The average Bonchev–Trinajstić information content (AvgIpc) is 2.82. The van der Waals surface area contributed by atoms with E-state index in [4.69, 9.17) is 10.8 Å². The second-order valence-electron chi connectivity index (χ2n) is 4.34. The van der Waals surface area contributed by atoms with Crippen LogP contribution < -0.4 is 11.1 Å². The highest BCUT2D eigenvalue weighted by atomic mass is 16.4. The molecule has 2 aromatic heterocycles. The van der Waals surface area contributed by atoms with Gasteiger partial charge in [-0.05, 0) is 30.3 Å². The maximum atomic E-state index is 10.7. The maximum Gasteiger partial charge on any atom is 0.410 e. The standard InChI is InChI=1S/C14H12N4O2/c15-10-1-3-11(4-2-10)18-6-5-9-8-16-13(7-12(9)18)17-14(19)20/h1-8H,15H2,(H,16,17)(H,19,20). The van der Waals surface area contributed by atoms with E-state index >= 15 is 0 Å². The Morgan fingerprint density at radius 2 is 2.00 bits per heavy atom. The van der Waals surface area contributed by atoms with Crippen LogP contribution in [-0.2, 0) is 0 Å². The van der Waals surface area contributed by atoms with Crippen LogP contribution in [0.3, 0.4) is 0 Å². The van der Waals surface area contributed by atoms with Crippen LogP contribution in [0.2, 0.25) is 0 Å². The molecule has 0 saturated carbocycles. The number of fused-ring (bicyclic) bond motifs is 1. The summed E-state index contributed by atoms with van der Waals surface area (Å²) in [6.45, 7) is 0. The lowest BCUT2D eigenvalue weighted by Gasteiger charge is -2.07. The van der Waals surface area contributed by atoms with Crippen molar-refractivity contribution in [2.75, 3.05) is 11.1 Å². The summed E-state index contributed by atoms with van der Waals surface area (Å²) in [5, 5.41) is 11.9. The normalized spacial score (nSPS) is 10.6. The Bertz CT molecular complexity index is 777. The number of pyridine rings is 1. The quantitative estimate of drug-likeness (QED) is 0.623. The van der Waals surface area contributed by atoms with Gasteiger partial charge in [0, 0.05) is 35.2 Å². The van der Waals surface area contributed by atoms with Gasteiger partial charge < -0.3 is 15.4 Å². The van der Waals surface area contributed by atoms with Crippen LogP contribution in [0.4, 0.5) is 16.3 Å². The number of carbonyl (C=O) groups is 1. The van der Waals surface area contributed by atoms with Gasteiger partial charge in [-0.3, -0.25) is 5.32 Å². The fourth-order valence-corrected chi connectivity index (χ4v) is 2.07. The van der Waals surface area contributed by atoms with Gasteiger partial charge >= 0.3 is 6.09 Å². The summed E-state index contributed by atoms with van der Waals surface area (Å²) in [5.41, 5.74) is 8.19. The van der Waals surface area contributed by atoms with E-state index in [2.05, 4.69) is 10.3 Å². The summed E-state index contributed by atoms with van der Waals surface area (Å²) < 4.78 is 1.95. The molecule has 0 aliphatic rings. The van der Waals surface area contributed by atoms with E-state index in [1.807, 2.05) is 41.1 Å². The van der Waals surface area contributed by atoms with E-state index in [0.29, 0.717) is 11.5 Å². The molecule has 0 bridgehead atoms. The van der Waals surface area contributed by atoms with Crippen molar-refractivity contribution in [3.8, 4) is 5.69 Å². The SMILES string of the molecule is Nc1ccc(-n2ccc3cnc(NC(=O)O)cc32)cc1. The Balaban J connectivity index is 2.11. The minimum absolute atomic E-state index is 0.292. The number of nitrogen functional groups attached to an aromatic ring is 1. The predicted octanol–water partition coefficient (Wildman–Crippen LogP) is 2.70. The Labute approximate surface area is 114 Å². The molecule has 0 spiro atoms. The molecule has 0 aliphatic heterocycles. The van der Waals surface area contributed by atoms with Crippen LogP contribution in [0.5, 0.6) is 0 Å². The first-order chi connectivity index (χ1) is 9.63. The molecule has 0 saturated heterocycles. The molecule has 0 atom stereocenters. The van der Waals surface area contributed by atoms with Crippen LogP contribution in [0.1, 0.15) is 0 Å². The van der Waals surface area contributed by atoms with Crippen LogP contribution in [0.25, 0.3) is 16.6 Å². The van der Waals surface area contributed by atoms with Gasteiger partial charge in [-0.25, -0.2) is 9.78 Å². The minimum Gasteiger partial charge on any atom is -0.465 e. The van der Waals surface area contributed by atoms with Crippen LogP contribution in [0, 0.1) is 0 Å². The maximum absolute atomic E-state index is 10.7. The van der Waals surface area contributed by atoms with E-state index < -0.39 is 6.09 Å². The van der Waals surface area contributed by atoms with Gasteiger partial charge in [0.25, 0.3) is 0 Å². The molecule has 3 rings (SSSR count). The van der Waals surface area contributed by atoms with Crippen molar-refractivity contribution >= 4 is 28.5 Å². The number of anilines is 2. The summed E-state index contributed by atoms with van der Waals surface area (Å²) in [4.78, 5) is 14.7. The number of amides is 1. The Kier molecular flexibility index (Phi) is 2.76. The van der Waals surface area contributed by atoms with E-state index in [1.54, 1.807) is 12.3 Å². The first-order valence-electron chi connectivity index (χ1n) is 5.96. The summed E-state index contributed by atoms with van der Waals surface area (Å²) in [6, 6.07) is 11.1. The molecule has 1 aromatic carbocycles. The number of aromatic nitrogens is 2. The van der Waals surface area contributed by atoms with Crippen molar-refractivity contribution in [1.29, 1.82) is 0 Å². The topological polar surface area (TPSA) is 93.2 Å². The third-order valence-corrected chi connectivity index (χ3v) is 2.98. The Morgan fingerprint density at radius 3 is 2.70 bits per heavy atom. The summed E-state index contributed by atoms with van der Waals surface area (Å²) in [7, 11) is 0. The van der Waals surface area contributed by atoms with Gasteiger partial charge in [-0.2, -0.15) is 0 Å². The highest BCUT2D eigenvalue weighted by Crippen LogP contribution is 2.22. The van der Waals surface area contributed by atoms with Crippen molar-refractivity contribution in [2.24, 2.45) is 0 Å². The molecule has 0 fully saturated rings. The average molecular weight is 268 g/mol. The number of hydrogen-bond acceptors (Lipinski definition) is 3. The molecule has 6 heteroatoms. The number of nitrogens with zero attached hydrogens (tertiary/aromatic N) is 2. The van der Waals surface area contributed by atoms with Crippen LogP contribution in [0.15, 0.2) is 48.8 Å². The lowest BCUT2D eigenvalue weighted by atomic mass is 10.2. The summed E-state index contributed by atoms with van der Waals surface area (Å²) >= 11 is 0. The van der Waals surface area contributed by atoms with E-state index in [1.165, 1.54) is 0 Å². The van der Waals surface area contributed by atoms with Crippen molar-refractivity contribution in [3.63, 3.8) is 0 Å². The third-order valence-electron chi connectivity index (χ3n) is 2.98. The lowest BCUT2D eigenvalue weighted by Crippen LogP contribution is -2.08. The monoisotopic (exact) mass is 268 g/mol. The van der Waals surface area contributed by atoms with Crippen LogP contribution in [-0.4, -0.2) is 20.8 Å². The van der Waals surface area contributed by atoms with Crippen molar-refractivity contribution in [1.82, 2.24) is 9.55 Å². The van der Waals surface area contributed by atoms with E-state index in [0.717, 1.165) is 16.6 Å². The van der Waals surface area contributed by atoms with Crippen molar-refractivity contribution < 1.29 is 9.90 Å². The molecule has 4 N–H and O–H groups in total. The molecule has 100 valence electrons. The molecular formula is C14H12N4O2. The van der Waals surface area contributed by atoms with Crippen LogP contribution >= 0.6 is 0 Å². The molecule has 20 heavy (non-hydrogen) atoms. The number of hydrogen-bond donors (Lipinski definition) is 3. The van der Waals surface area contributed by atoms with Gasteiger partial charge in [-0.1, -0.05) is 0 Å². The second-order valence-corrected chi connectivity index (χ2v) is 4.34. The van der Waals surface area contributed by atoms with E-state index in [-0.39, 0.29) is 0 Å². The van der Waals surface area contributed by atoms with Gasteiger partial charge in [0.15, 0.2) is 0 Å². The first kappa shape index (κ1) is 12.0.